The van der Waals surface area contributed by atoms with Crippen molar-refractivity contribution in [2.45, 2.75) is 31.7 Å². The van der Waals surface area contributed by atoms with Crippen molar-refractivity contribution in [3.8, 4) is 5.75 Å². The fourth-order valence-electron chi connectivity index (χ4n) is 2.70. The van der Waals surface area contributed by atoms with E-state index in [0.717, 1.165) is 31.6 Å². The molecule has 0 radical (unpaired) electrons. The molecule has 1 aromatic rings. The molecular formula is C15H23ClN2O2. The van der Waals surface area contributed by atoms with Crippen molar-refractivity contribution < 1.29 is 9.53 Å². The van der Waals surface area contributed by atoms with Crippen molar-refractivity contribution in [2.24, 2.45) is 5.73 Å². The molecule has 0 bridgehead atoms. The molecule has 20 heavy (non-hydrogen) atoms. The van der Waals surface area contributed by atoms with Crippen LogP contribution in [0.2, 0.25) is 0 Å². The van der Waals surface area contributed by atoms with Crippen molar-refractivity contribution >= 4 is 18.3 Å². The molecule has 1 aromatic carbocycles. The predicted molar refractivity (Wildman–Crippen MR) is 82.2 cm³/mol. The largest absolute Gasteiger partial charge is 0.497 e. The summed E-state index contributed by atoms with van der Waals surface area (Å²) in [5, 5.41) is 0. The third-order valence-electron chi connectivity index (χ3n) is 3.75. The fourth-order valence-corrected chi connectivity index (χ4v) is 2.70. The maximum atomic E-state index is 12.0. The Morgan fingerprint density at radius 2 is 2.00 bits per heavy atom. The minimum atomic E-state index is 0. The Hall–Kier alpha value is -1.26. The zero-order chi connectivity index (χ0) is 13.7. The monoisotopic (exact) mass is 298 g/mol. The Labute approximate surface area is 126 Å². The lowest BCUT2D eigenvalue weighted by Gasteiger charge is -2.30. The number of benzene rings is 1. The zero-order valence-corrected chi connectivity index (χ0v) is 12.7. The van der Waals surface area contributed by atoms with Gasteiger partial charge < -0.3 is 15.4 Å². The van der Waals surface area contributed by atoms with Gasteiger partial charge in [0.25, 0.3) is 0 Å². The molecule has 1 fully saturated rings. The third-order valence-corrected chi connectivity index (χ3v) is 3.75. The quantitative estimate of drug-likeness (QED) is 0.933. The molecule has 0 spiro atoms. The van der Waals surface area contributed by atoms with Crippen LogP contribution in [0, 0.1) is 0 Å². The normalized spacial score (nSPS) is 18.9. The average Bonchev–Trinajstić information content (AvgIpc) is 2.72. The Morgan fingerprint density at radius 1 is 1.30 bits per heavy atom. The molecule has 1 unspecified atom stereocenters. The smallest absolute Gasteiger partial charge is 0.236 e. The summed E-state index contributed by atoms with van der Waals surface area (Å²) in [5.41, 5.74) is 6.70. The van der Waals surface area contributed by atoms with Gasteiger partial charge in [-0.15, -0.1) is 12.4 Å². The molecule has 2 rings (SSSR count). The number of hydrogen-bond donors (Lipinski definition) is 1. The number of methoxy groups -OCH3 is 1. The molecule has 0 aliphatic carbocycles. The van der Waals surface area contributed by atoms with Crippen LogP contribution < -0.4 is 10.5 Å². The molecule has 112 valence electrons. The van der Waals surface area contributed by atoms with E-state index in [-0.39, 0.29) is 30.9 Å². The van der Waals surface area contributed by atoms with Crippen LogP contribution in [0.3, 0.4) is 0 Å². The fraction of sp³-hybridized carbons (Fsp3) is 0.533. The summed E-state index contributed by atoms with van der Waals surface area (Å²) in [7, 11) is 1.66. The van der Waals surface area contributed by atoms with Crippen LogP contribution in [0.5, 0.6) is 5.75 Å². The van der Waals surface area contributed by atoms with Crippen molar-refractivity contribution in [2.75, 3.05) is 20.2 Å². The molecule has 5 heteroatoms. The number of carbonyl (C=O) groups is 1. The highest BCUT2D eigenvalue weighted by molar-refractivity contribution is 5.85. The first-order valence-electron chi connectivity index (χ1n) is 6.89. The number of nitrogens with two attached hydrogens (primary N) is 1. The summed E-state index contributed by atoms with van der Waals surface area (Å²) in [6.45, 7) is 0.902. The maximum absolute atomic E-state index is 12.0. The minimum absolute atomic E-state index is 0. The van der Waals surface area contributed by atoms with Crippen molar-refractivity contribution in [3.05, 3.63) is 29.8 Å². The summed E-state index contributed by atoms with van der Waals surface area (Å²) in [4.78, 5) is 13.9. The molecule has 1 atom stereocenters. The van der Waals surface area contributed by atoms with Crippen molar-refractivity contribution in [1.82, 2.24) is 4.90 Å². The molecular weight excluding hydrogens is 276 g/mol. The number of nitrogens with zero attached hydrogens (tertiary/aromatic N) is 1. The van der Waals surface area contributed by atoms with Gasteiger partial charge in [-0.3, -0.25) is 4.79 Å². The van der Waals surface area contributed by atoms with Crippen LogP contribution in [-0.4, -0.2) is 31.0 Å². The highest BCUT2D eigenvalue weighted by atomic mass is 35.5. The summed E-state index contributed by atoms with van der Waals surface area (Å²) < 4.78 is 5.18. The Morgan fingerprint density at radius 3 is 2.60 bits per heavy atom. The van der Waals surface area contributed by atoms with Crippen molar-refractivity contribution in [1.29, 1.82) is 0 Å². The highest BCUT2D eigenvalue weighted by Crippen LogP contribution is 2.31. The lowest BCUT2D eigenvalue weighted by atomic mass is 10.0. The van der Waals surface area contributed by atoms with Crippen LogP contribution in [0.25, 0.3) is 0 Å². The highest BCUT2D eigenvalue weighted by Gasteiger charge is 2.25. The molecule has 2 N–H and O–H groups in total. The van der Waals surface area contributed by atoms with Gasteiger partial charge in [0.15, 0.2) is 0 Å². The van der Waals surface area contributed by atoms with Gasteiger partial charge in [0.2, 0.25) is 5.91 Å². The number of halogens is 1. The van der Waals surface area contributed by atoms with Crippen LogP contribution in [0.4, 0.5) is 0 Å². The lowest BCUT2D eigenvalue weighted by Crippen LogP contribution is -2.38. The maximum Gasteiger partial charge on any atom is 0.236 e. The average molecular weight is 299 g/mol. The van der Waals surface area contributed by atoms with E-state index in [1.54, 1.807) is 7.11 Å². The van der Waals surface area contributed by atoms with Crippen LogP contribution in [-0.2, 0) is 4.79 Å². The van der Waals surface area contributed by atoms with E-state index >= 15 is 0 Å². The molecule has 0 saturated carbocycles. The predicted octanol–water partition coefficient (Wildman–Crippen LogP) is 2.52. The molecule has 1 amide bonds. The van der Waals surface area contributed by atoms with E-state index in [0.29, 0.717) is 0 Å². The topological polar surface area (TPSA) is 55.6 Å². The summed E-state index contributed by atoms with van der Waals surface area (Å²) in [6, 6.07) is 8.15. The van der Waals surface area contributed by atoms with E-state index in [4.69, 9.17) is 10.5 Å². The van der Waals surface area contributed by atoms with Gasteiger partial charge in [-0.25, -0.2) is 0 Å². The third kappa shape index (κ3) is 3.87. The summed E-state index contributed by atoms with van der Waals surface area (Å²) >= 11 is 0. The van der Waals surface area contributed by atoms with Gasteiger partial charge in [-0.1, -0.05) is 25.0 Å². The van der Waals surface area contributed by atoms with E-state index in [1.807, 2.05) is 29.2 Å². The molecule has 0 aromatic heterocycles. The molecule has 4 nitrogen and oxygen atoms in total. The van der Waals surface area contributed by atoms with Crippen molar-refractivity contribution in [3.63, 3.8) is 0 Å². The summed E-state index contributed by atoms with van der Waals surface area (Å²) in [6.07, 6.45) is 4.42. The number of hydrogen-bond acceptors (Lipinski definition) is 3. The molecule has 1 heterocycles. The van der Waals surface area contributed by atoms with Crippen LogP contribution >= 0.6 is 12.4 Å². The second kappa shape index (κ2) is 8.12. The number of ether oxygens (including phenoxy) is 1. The molecule has 1 aliphatic heterocycles. The second-order valence-electron chi connectivity index (χ2n) is 4.93. The van der Waals surface area contributed by atoms with E-state index < -0.39 is 0 Å². The van der Waals surface area contributed by atoms with Gasteiger partial charge in [-0.2, -0.15) is 0 Å². The first-order chi connectivity index (χ1) is 9.26. The van der Waals surface area contributed by atoms with Gasteiger partial charge in [-0.05, 0) is 30.5 Å². The minimum Gasteiger partial charge on any atom is -0.497 e. The Balaban J connectivity index is 0.00000200. The number of likely N-dealkylation sites (tertiary alicyclic amines) is 1. The number of amides is 1. The first-order valence-corrected chi connectivity index (χ1v) is 6.89. The van der Waals surface area contributed by atoms with Gasteiger partial charge >= 0.3 is 0 Å². The zero-order valence-electron chi connectivity index (χ0n) is 11.9. The SMILES string of the molecule is COc1ccc(C2CCCCCN2C(=O)CN)cc1.Cl. The first kappa shape index (κ1) is 16.8. The van der Waals surface area contributed by atoms with Gasteiger partial charge in [0.1, 0.15) is 5.75 Å². The van der Waals surface area contributed by atoms with E-state index in [1.165, 1.54) is 12.0 Å². The Bertz CT molecular complexity index is 422. The van der Waals surface area contributed by atoms with Gasteiger partial charge in [0, 0.05) is 6.54 Å². The Kier molecular flexibility index (Phi) is 6.82. The van der Waals surface area contributed by atoms with E-state index in [9.17, 15) is 4.79 Å². The van der Waals surface area contributed by atoms with Crippen LogP contribution in [0.15, 0.2) is 24.3 Å². The number of rotatable bonds is 3. The van der Waals surface area contributed by atoms with Crippen LogP contribution in [0.1, 0.15) is 37.3 Å². The number of carbonyl (C=O) groups excluding carboxylic acids is 1. The molecule has 1 saturated heterocycles. The second-order valence-corrected chi connectivity index (χ2v) is 4.93. The standard InChI is InChI=1S/C15H22N2O2.ClH/c1-19-13-8-6-12(7-9-13)14-5-3-2-4-10-17(14)15(18)11-16;/h6-9,14H,2-5,10-11,16H2,1H3;1H. The lowest BCUT2D eigenvalue weighted by molar-refractivity contribution is -0.132. The summed E-state index contributed by atoms with van der Waals surface area (Å²) in [5.74, 6) is 0.886. The molecule has 1 aliphatic rings. The van der Waals surface area contributed by atoms with Gasteiger partial charge in [0.05, 0.1) is 19.7 Å². The van der Waals surface area contributed by atoms with E-state index in [2.05, 4.69) is 0 Å².